The van der Waals surface area contributed by atoms with E-state index in [0.717, 1.165) is 5.56 Å². The molecule has 0 aliphatic heterocycles. The number of rotatable bonds is 4. The van der Waals surface area contributed by atoms with Crippen molar-refractivity contribution in [2.45, 2.75) is 38.3 Å². The van der Waals surface area contributed by atoms with Crippen molar-refractivity contribution >= 4 is 10.0 Å². The first kappa shape index (κ1) is 15.5. The van der Waals surface area contributed by atoms with E-state index in [0.29, 0.717) is 0 Å². The fourth-order valence-electron chi connectivity index (χ4n) is 1.77. The molecule has 0 fully saturated rings. The Morgan fingerprint density at radius 3 is 2.48 bits per heavy atom. The third kappa shape index (κ3) is 3.22. The summed E-state index contributed by atoms with van der Waals surface area (Å²) in [6, 6.07) is 6.23. The van der Waals surface area contributed by atoms with Gasteiger partial charge in [0.05, 0.1) is 4.90 Å². The fraction of sp³-hybridized carbons (Fsp3) is 0.385. The minimum absolute atomic E-state index is 0.0597. The summed E-state index contributed by atoms with van der Waals surface area (Å²) in [4.78, 5) is 0.0597. The molecule has 1 aromatic heterocycles. The predicted octanol–water partition coefficient (Wildman–Crippen LogP) is 0.196. The van der Waals surface area contributed by atoms with Gasteiger partial charge in [-0.3, -0.25) is 5.27 Å². The summed E-state index contributed by atoms with van der Waals surface area (Å²) in [7, 11) is -3.91. The van der Waals surface area contributed by atoms with Gasteiger partial charge in [-0.2, -0.15) is 8.42 Å². The maximum Gasteiger partial charge on any atom is 0.289 e. The molecule has 0 amide bonds. The van der Waals surface area contributed by atoms with Crippen LogP contribution >= 0.6 is 0 Å². The SMILES string of the molecule is Cc1ccc(S(=O)(=O)/N=c2\o[n-][n+](C(C)C)c2CO)cc1. The smallest absolute Gasteiger partial charge is 0.289 e. The van der Waals surface area contributed by atoms with E-state index in [4.69, 9.17) is 4.52 Å². The van der Waals surface area contributed by atoms with Gasteiger partial charge in [0, 0.05) is 0 Å². The second-order valence-electron chi connectivity index (χ2n) is 4.90. The Morgan fingerprint density at radius 2 is 1.95 bits per heavy atom. The van der Waals surface area contributed by atoms with E-state index in [-0.39, 0.29) is 22.2 Å². The summed E-state index contributed by atoms with van der Waals surface area (Å²) in [5, 5.41) is 13.1. The van der Waals surface area contributed by atoms with Crippen LogP contribution in [-0.2, 0) is 16.6 Å². The van der Waals surface area contributed by atoms with Gasteiger partial charge in [-0.1, -0.05) is 17.7 Å². The maximum atomic E-state index is 12.2. The van der Waals surface area contributed by atoms with Crippen molar-refractivity contribution in [3.63, 3.8) is 0 Å². The number of hydrogen-bond donors (Lipinski definition) is 1. The Balaban J connectivity index is 2.55. The van der Waals surface area contributed by atoms with Crippen molar-refractivity contribution in [2.75, 3.05) is 0 Å². The van der Waals surface area contributed by atoms with Crippen molar-refractivity contribution in [1.82, 2.24) is 5.27 Å². The summed E-state index contributed by atoms with van der Waals surface area (Å²) in [5.41, 5.74) is 0.967. The number of sulfonamides is 1. The van der Waals surface area contributed by atoms with Gasteiger partial charge in [-0.25, -0.2) is 4.68 Å². The molecule has 1 aromatic carbocycles. The van der Waals surface area contributed by atoms with E-state index in [1.165, 1.54) is 16.8 Å². The van der Waals surface area contributed by atoms with Crippen molar-refractivity contribution in [3.8, 4) is 0 Å². The third-order valence-corrected chi connectivity index (χ3v) is 4.17. The van der Waals surface area contributed by atoms with Crippen LogP contribution in [0.25, 0.3) is 0 Å². The van der Waals surface area contributed by atoms with Gasteiger partial charge < -0.3 is 9.63 Å². The highest BCUT2D eigenvalue weighted by atomic mass is 32.2. The zero-order valence-electron chi connectivity index (χ0n) is 12.0. The lowest BCUT2D eigenvalue weighted by Crippen LogP contribution is -2.44. The van der Waals surface area contributed by atoms with Crippen LogP contribution in [0.15, 0.2) is 38.1 Å². The summed E-state index contributed by atoms with van der Waals surface area (Å²) in [6.45, 7) is 5.11. The van der Waals surface area contributed by atoms with E-state index in [1.54, 1.807) is 12.1 Å². The van der Waals surface area contributed by atoms with Crippen LogP contribution < -0.4 is 15.5 Å². The Hall–Kier alpha value is -1.93. The standard InChI is InChI=1S/C13H17N3O4S/c1-9(2)16-12(8-17)13(20-15-16)14-21(18,19)11-6-4-10(3)5-7-11/h4-7,9,17H,8H2,1-3H3/b14-13-. The van der Waals surface area contributed by atoms with Crippen molar-refractivity contribution < 1.29 is 22.7 Å². The largest absolute Gasteiger partial charge is 0.486 e. The molecular weight excluding hydrogens is 294 g/mol. The number of aliphatic hydroxyl groups is 1. The Kier molecular flexibility index (Phi) is 4.29. The Labute approximate surface area is 122 Å². The third-order valence-electron chi connectivity index (χ3n) is 2.90. The van der Waals surface area contributed by atoms with Gasteiger partial charge >= 0.3 is 0 Å². The predicted molar refractivity (Wildman–Crippen MR) is 72.5 cm³/mol. The molecule has 114 valence electrons. The Bertz CT molecular complexity index is 786. The number of aliphatic hydroxyl groups excluding tert-OH is 1. The number of hydrogen-bond acceptors (Lipinski definition) is 4. The van der Waals surface area contributed by atoms with E-state index in [9.17, 15) is 13.5 Å². The molecule has 0 bridgehead atoms. The molecule has 0 aliphatic carbocycles. The summed E-state index contributed by atoms with van der Waals surface area (Å²) in [5.74, 6) is 0. The van der Waals surface area contributed by atoms with Crippen LogP contribution in [0.4, 0.5) is 0 Å². The molecule has 1 heterocycles. The number of aryl methyl sites for hydroxylation is 1. The van der Waals surface area contributed by atoms with Gasteiger partial charge in [0.15, 0.2) is 0 Å². The lowest BCUT2D eigenvalue weighted by atomic mass is 10.2. The molecule has 0 saturated heterocycles. The van der Waals surface area contributed by atoms with Crippen LogP contribution in [0, 0.1) is 6.92 Å². The van der Waals surface area contributed by atoms with Gasteiger partial charge in [0.2, 0.25) is 0 Å². The zero-order valence-corrected chi connectivity index (χ0v) is 12.8. The monoisotopic (exact) mass is 311 g/mol. The van der Waals surface area contributed by atoms with Crippen LogP contribution in [0.2, 0.25) is 0 Å². The lowest BCUT2D eigenvalue weighted by Gasteiger charge is -2.02. The molecule has 21 heavy (non-hydrogen) atoms. The molecule has 0 aliphatic rings. The van der Waals surface area contributed by atoms with Gasteiger partial charge in [-0.05, 0) is 32.9 Å². The van der Waals surface area contributed by atoms with Crippen LogP contribution in [-0.4, -0.2) is 13.5 Å². The average Bonchev–Trinajstić information content (AvgIpc) is 2.81. The summed E-state index contributed by atoms with van der Waals surface area (Å²) >= 11 is 0. The van der Waals surface area contributed by atoms with Crippen LogP contribution in [0.5, 0.6) is 0 Å². The first-order valence-electron chi connectivity index (χ1n) is 6.41. The number of nitrogens with zero attached hydrogens (tertiary/aromatic N) is 3. The highest BCUT2D eigenvalue weighted by molar-refractivity contribution is 7.90. The van der Waals surface area contributed by atoms with E-state index < -0.39 is 16.6 Å². The van der Waals surface area contributed by atoms with Crippen LogP contribution in [0.1, 0.15) is 31.1 Å². The van der Waals surface area contributed by atoms with E-state index in [1.807, 2.05) is 20.8 Å². The molecule has 2 aromatic rings. The molecule has 2 rings (SSSR count). The quantitative estimate of drug-likeness (QED) is 0.813. The number of aromatic nitrogens is 2. The second-order valence-corrected chi connectivity index (χ2v) is 6.50. The lowest BCUT2D eigenvalue weighted by molar-refractivity contribution is -0.791. The van der Waals surface area contributed by atoms with Crippen molar-refractivity contribution in [3.05, 3.63) is 41.1 Å². The van der Waals surface area contributed by atoms with Crippen molar-refractivity contribution in [1.29, 1.82) is 0 Å². The zero-order chi connectivity index (χ0) is 15.6. The average molecular weight is 311 g/mol. The summed E-state index contributed by atoms with van der Waals surface area (Å²) in [6.07, 6.45) is 0. The first-order chi connectivity index (χ1) is 9.85. The van der Waals surface area contributed by atoms with E-state index in [2.05, 4.69) is 9.67 Å². The molecule has 8 heteroatoms. The van der Waals surface area contributed by atoms with Gasteiger partial charge in [0.25, 0.3) is 21.3 Å². The fourth-order valence-corrected chi connectivity index (χ4v) is 2.71. The normalized spacial score (nSPS) is 13.1. The first-order valence-corrected chi connectivity index (χ1v) is 7.85. The van der Waals surface area contributed by atoms with Gasteiger partial charge in [0.1, 0.15) is 12.6 Å². The second kappa shape index (κ2) is 5.82. The Morgan fingerprint density at radius 1 is 1.33 bits per heavy atom. The van der Waals surface area contributed by atoms with Crippen molar-refractivity contribution in [2.24, 2.45) is 4.40 Å². The molecule has 0 unspecified atom stereocenters. The van der Waals surface area contributed by atoms with Crippen LogP contribution in [0.3, 0.4) is 0 Å². The van der Waals surface area contributed by atoms with Gasteiger partial charge in [-0.15, -0.1) is 4.40 Å². The molecular formula is C13H17N3O4S. The maximum absolute atomic E-state index is 12.2. The van der Waals surface area contributed by atoms with E-state index >= 15 is 0 Å². The molecule has 0 atom stereocenters. The molecule has 0 saturated carbocycles. The minimum Gasteiger partial charge on any atom is -0.486 e. The topological polar surface area (TPSA) is 97.9 Å². The molecule has 7 nitrogen and oxygen atoms in total. The molecule has 0 radical (unpaired) electrons. The highest BCUT2D eigenvalue weighted by Crippen LogP contribution is 2.12. The minimum atomic E-state index is -3.91. The highest BCUT2D eigenvalue weighted by Gasteiger charge is 2.19. The molecule has 1 N–H and O–H groups in total. The molecule has 0 spiro atoms. The number of benzene rings is 1. The summed E-state index contributed by atoms with van der Waals surface area (Å²) < 4.78 is 34.4.